The van der Waals surface area contributed by atoms with E-state index in [9.17, 15) is 14.7 Å². The first-order chi connectivity index (χ1) is 13.6. The third-order valence-electron chi connectivity index (χ3n) is 5.23. The van der Waals surface area contributed by atoms with Crippen LogP contribution in [0.4, 0.5) is 5.69 Å². The predicted molar refractivity (Wildman–Crippen MR) is 107 cm³/mol. The van der Waals surface area contributed by atoms with E-state index in [2.05, 4.69) is 27.7 Å². The third kappa shape index (κ3) is 3.98. The Hall–Kier alpha value is -2.96. The second-order valence-corrected chi connectivity index (χ2v) is 7.24. The van der Waals surface area contributed by atoms with Gasteiger partial charge in [-0.15, -0.1) is 0 Å². The summed E-state index contributed by atoms with van der Waals surface area (Å²) in [5.74, 6) is -0.771. The van der Waals surface area contributed by atoms with Crippen molar-refractivity contribution in [3.63, 3.8) is 0 Å². The molecular weight excluding hydrogens is 354 g/mol. The molecule has 0 unspecified atom stereocenters. The lowest BCUT2D eigenvalue weighted by Gasteiger charge is -2.29. The lowest BCUT2D eigenvalue weighted by atomic mass is 9.96. The summed E-state index contributed by atoms with van der Waals surface area (Å²) in [6, 6.07) is 15.1. The SMILES string of the molecule is O=C1NC(=O)c2ccccc2/C1=C/Nc1ccc(CN2CCC(O)CC2)cc1. The van der Waals surface area contributed by atoms with Gasteiger partial charge in [-0.2, -0.15) is 0 Å². The van der Waals surface area contributed by atoms with Gasteiger partial charge in [-0.1, -0.05) is 30.3 Å². The molecule has 0 aliphatic carbocycles. The molecule has 28 heavy (non-hydrogen) atoms. The Bertz CT molecular complexity index is 913. The van der Waals surface area contributed by atoms with Crippen LogP contribution in [0.5, 0.6) is 0 Å². The Kier molecular flexibility index (Phi) is 5.23. The van der Waals surface area contributed by atoms with E-state index in [0.717, 1.165) is 38.2 Å². The Morgan fingerprint density at radius 2 is 1.68 bits per heavy atom. The molecule has 0 atom stereocenters. The van der Waals surface area contributed by atoms with Gasteiger partial charge in [0.15, 0.2) is 0 Å². The van der Waals surface area contributed by atoms with Gasteiger partial charge < -0.3 is 10.4 Å². The maximum atomic E-state index is 12.2. The van der Waals surface area contributed by atoms with E-state index in [1.807, 2.05) is 18.2 Å². The number of piperidine rings is 1. The van der Waals surface area contributed by atoms with Crippen molar-refractivity contribution in [1.82, 2.24) is 10.2 Å². The number of benzene rings is 2. The van der Waals surface area contributed by atoms with E-state index in [0.29, 0.717) is 16.7 Å². The van der Waals surface area contributed by atoms with Gasteiger partial charge >= 0.3 is 0 Å². The summed E-state index contributed by atoms with van der Waals surface area (Å²) in [7, 11) is 0. The van der Waals surface area contributed by atoms with Crippen molar-refractivity contribution in [2.45, 2.75) is 25.5 Å². The molecule has 0 bridgehead atoms. The van der Waals surface area contributed by atoms with Crippen molar-refractivity contribution in [2.75, 3.05) is 18.4 Å². The second-order valence-electron chi connectivity index (χ2n) is 7.24. The van der Waals surface area contributed by atoms with E-state index >= 15 is 0 Å². The summed E-state index contributed by atoms with van der Waals surface area (Å²) in [6.45, 7) is 2.70. The number of carbonyl (C=O) groups excluding carboxylic acids is 2. The van der Waals surface area contributed by atoms with Gasteiger partial charge in [0.05, 0.1) is 11.7 Å². The van der Waals surface area contributed by atoms with Gasteiger partial charge in [0, 0.05) is 42.6 Å². The molecule has 2 aromatic rings. The molecule has 4 rings (SSSR count). The number of carbonyl (C=O) groups is 2. The summed E-state index contributed by atoms with van der Waals surface area (Å²) >= 11 is 0. The maximum absolute atomic E-state index is 12.2. The Balaban J connectivity index is 1.44. The fraction of sp³-hybridized carbons (Fsp3) is 0.273. The summed E-state index contributed by atoms with van der Waals surface area (Å²) in [6.07, 6.45) is 3.15. The molecule has 0 spiro atoms. The van der Waals surface area contributed by atoms with Gasteiger partial charge in [0.2, 0.25) is 0 Å². The molecule has 6 nitrogen and oxygen atoms in total. The van der Waals surface area contributed by atoms with Crippen LogP contribution in [0.3, 0.4) is 0 Å². The van der Waals surface area contributed by atoms with E-state index in [-0.39, 0.29) is 12.0 Å². The third-order valence-corrected chi connectivity index (χ3v) is 5.23. The topological polar surface area (TPSA) is 81.7 Å². The lowest BCUT2D eigenvalue weighted by Crippen LogP contribution is -2.36. The number of anilines is 1. The number of hydrogen-bond acceptors (Lipinski definition) is 5. The zero-order valence-electron chi connectivity index (χ0n) is 15.5. The number of likely N-dealkylation sites (tertiary alicyclic amines) is 1. The summed E-state index contributed by atoms with van der Waals surface area (Å²) < 4.78 is 0. The highest BCUT2D eigenvalue weighted by Gasteiger charge is 2.26. The second kappa shape index (κ2) is 7.96. The standard InChI is InChI=1S/C22H23N3O3/c26-17-9-11-25(12-10-17)14-15-5-7-16(8-6-15)23-13-20-18-3-1-2-4-19(18)21(27)24-22(20)28/h1-8,13,17,23,26H,9-12,14H2,(H,24,27,28)/b20-13-. The summed E-state index contributed by atoms with van der Waals surface area (Å²) in [5, 5.41) is 15.1. The average molecular weight is 377 g/mol. The molecule has 0 aromatic heterocycles. The van der Waals surface area contributed by atoms with Gasteiger partial charge in [0.25, 0.3) is 11.8 Å². The minimum atomic E-state index is -0.403. The Labute approximate surface area is 163 Å². The van der Waals surface area contributed by atoms with Crippen molar-refractivity contribution >= 4 is 23.1 Å². The van der Waals surface area contributed by atoms with Crippen LogP contribution < -0.4 is 10.6 Å². The van der Waals surface area contributed by atoms with Crippen molar-refractivity contribution < 1.29 is 14.7 Å². The smallest absolute Gasteiger partial charge is 0.260 e. The van der Waals surface area contributed by atoms with Crippen molar-refractivity contribution in [3.05, 3.63) is 71.4 Å². The highest BCUT2D eigenvalue weighted by Crippen LogP contribution is 2.24. The number of aliphatic hydroxyl groups is 1. The van der Waals surface area contributed by atoms with Crippen LogP contribution in [0, 0.1) is 0 Å². The largest absolute Gasteiger partial charge is 0.393 e. The molecule has 3 N–H and O–H groups in total. The number of imide groups is 1. The van der Waals surface area contributed by atoms with Crippen LogP contribution >= 0.6 is 0 Å². The molecule has 6 heteroatoms. The number of hydrogen-bond donors (Lipinski definition) is 3. The van der Waals surface area contributed by atoms with Gasteiger partial charge in [-0.25, -0.2) is 0 Å². The van der Waals surface area contributed by atoms with Gasteiger partial charge in [-0.05, 0) is 36.6 Å². The zero-order valence-corrected chi connectivity index (χ0v) is 15.5. The monoisotopic (exact) mass is 377 g/mol. The number of nitrogens with one attached hydrogen (secondary N) is 2. The van der Waals surface area contributed by atoms with E-state index in [1.54, 1.807) is 24.4 Å². The van der Waals surface area contributed by atoms with Gasteiger partial charge in [-0.3, -0.25) is 19.8 Å². The van der Waals surface area contributed by atoms with Crippen molar-refractivity contribution in [2.24, 2.45) is 0 Å². The van der Waals surface area contributed by atoms with Crippen LogP contribution in [-0.2, 0) is 11.3 Å². The molecule has 2 amide bonds. The Morgan fingerprint density at radius 1 is 1.00 bits per heavy atom. The average Bonchev–Trinajstić information content (AvgIpc) is 2.71. The molecule has 2 aliphatic rings. The fourth-order valence-electron chi connectivity index (χ4n) is 3.62. The van der Waals surface area contributed by atoms with E-state index in [1.165, 1.54) is 5.56 Å². The normalized spacial score (nSPS) is 19.4. The highest BCUT2D eigenvalue weighted by molar-refractivity contribution is 6.31. The first-order valence-electron chi connectivity index (χ1n) is 9.51. The van der Waals surface area contributed by atoms with Gasteiger partial charge in [0.1, 0.15) is 0 Å². The van der Waals surface area contributed by atoms with Crippen LogP contribution in [0.25, 0.3) is 5.57 Å². The fourth-order valence-corrected chi connectivity index (χ4v) is 3.62. The molecule has 2 aliphatic heterocycles. The number of fused-ring (bicyclic) bond motifs is 1. The Morgan fingerprint density at radius 3 is 2.39 bits per heavy atom. The minimum absolute atomic E-state index is 0.159. The number of amides is 2. The molecule has 2 aromatic carbocycles. The molecule has 1 fully saturated rings. The quantitative estimate of drug-likeness (QED) is 0.563. The van der Waals surface area contributed by atoms with Crippen LogP contribution in [-0.4, -0.2) is 41.0 Å². The van der Waals surface area contributed by atoms with E-state index < -0.39 is 5.91 Å². The zero-order chi connectivity index (χ0) is 19.5. The lowest BCUT2D eigenvalue weighted by molar-refractivity contribution is -0.114. The maximum Gasteiger partial charge on any atom is 0.260 e. The van der Waals surface area contributed by atoms with Crippen LogP contribution in [0.2, 0.25) is 0 Å². The first kappa shape index (κ1) is 18.4. The summed E-state index contributed by atoms with van der Waals surface area (Å²) in [4.78, 5) is 26.5. The molecule has 144 valence electrons. The summed E-state index contributed by atoms with van der Waals surface area (Å²) in [5.41, 5.74) is 3.64. The molecule has 1 saturated heterocycles. The minimum Gasteiger partial charge on any atom is -0.393 e. The van der Waals surface area contributed by atoms with Crippen molar-refractivity contribution in [3.8, 4) is 0 Å². The number of nitrogens with zero attached hydrogens (tertiary/aromatic N) is 1. The number of rotatable bonds is 4. The predicted octanol–water partition coefficient (Wildman–Crippen LogP) is 2.37. The molecular formula is C22H23N3O3. The van der Waals surface area contributed by atoms with Crippen molar-refractivity contribution in [1.29, 1.82) is 0 Å². The molecule has 0 radical (unpaired) electrons. The van der Waals surface area contributed by atoms with Crippen LogP contribution in [0.1, 0.15) is 34.3 Å². The highest BCUT2D eigenvalue weighted by atomic mass is 16.3. The molecule has 0 saturated carbocycles. The molecule has 2 heterocycles. The first-order valence-corrected chi connectivity index (χ1v) is 9.51. The van der Waals surface area contributed by atoms with E-state index in [4.69, 9.17) is 0 Å². The van der Waals surface area contributed by atoms with Crippen LogP contribution in [0.15, 0.2) is 54.7 Å². The number of aliphatic hydroxyl groups excluding tert-OH is 1.